The highest BCUT2D eigenvalue weighted by atomic mass is 16.5. The van der Waals surface area contributed by atoms with Crippen LogP contribution in [0.4, 0.5) is 0 Å². The number of ether oxygens (including phenoxy) is 1. The largest absolute Gasteiger partial charge is 0.463 e. The number of methoxy groups -OCH3 is 1. The molecule has 1 aromatic heterocycles. The molecule has 0 aliphatic carbocycles. The molecule has 19 heavy (non-hydrogen) atoms. The smallest absolute Gasteiger partial charge is 0.120 e. The summed E-state index contributed by atoms with van der Waals surface area (Å²) in [7, 11) is 3.86. The minimum Gasteiger partial charge on any atom is -0.463 e. The number of rotatable bonds is 10. The molecule has 0 fully saturated rings. The maximum Gasteiger partial charge on any atom is 0.120 e. The Morgan fingerprint density at radius 1 is 1.42 bits per heavy atom. The van der Waals surface area contributed by atoms with Gasteiger partial charge in [-0.2, -0.15) is 0 Å². The molecule has 0 saturated carbocycles. The summed E-state index contributed by atoms with van der Waals surface area (Å²) in [6.07, 6.45) is 2.20. The minimum absolute atomic E-state index is 0.813. The molecule has 0 spiro atoms. The molecule has 0 aliphatic rings. The highest BCUT2D eigenvalue weighted by Crippen LogP contribution is 2.16. The van der Waals surface area contributed by atoms with Gasteiger partial charge in [0.25, 0.3) is 0 Å². The highest BCUT2D eigenvalue weighted by Gasteiger charge is 2.09. The van der Waals surface area contributed by atoms with Gasteiger partial charge in [0.2, 0.25) is 0 Å². The lowest BCUT2D eigenvalue weighted by atomic mass is 10.2. The summed E-state index contributed by atoms with van der Waals surface area (Å²) in [4.78, 5) is 2.26. The first-order chi connectivity index (χ1) is 9.17. The molecule has 1 heterocycles. The zero-order valence-corrected chi connectivity index (χ0v) is 12.8. The van der Waals surface area contributed by atoms with Crippen molar-refractivity contribution in [3.63, 3.8) is 0 Å². The lowest BCUT2D eigenvalue weighted by Crippen LogP contribution is -2.19. The van der Waals surface area contributed by atoms with E-state index in [-0.39, 0.29) is 0 Å². The van der Waals surface area contributed by atoms with Crippen LogP contribution in [-0.4, -0.2) is 38.8 Å². The van der Waals surface area contributed by atoms with E-state index >= 15 is 0 Å². The normalized spacial score (nSPS) is 11.4. The van der Waals surface area contributed by atoms with Crippen molar-refractivity contribution in [2.24, 2.45) is 0 Å². The predicted molar refractivity (Wildman–Crippen MR) is 78.3 cm³/mol. The average molecular weight is 268 g/mol. The van der Waals surface area contributed by atoms with E-state index in [0.29, 0.717) is 0 Å². The van der Waals surface area contributed by atoms with Gasteiger partial charge in [0.1, 0.15) is 11.5 Å². The lowest BCUT2D eigenvalue weighted by Gasteiger charge is -2.14. The second-order valence-corrected chi connectivity index (χ2v) is 5.08. The van der Waals surface area contributed by atoms with Crippen LogP contribution in [0.1, 0.15) is 36.8 Å². The fourth-order valence-corrected chi connectivity index (χ4v) is 2.05. The van der Waals surface area contributed by atoms with Crippen molar-refractivity contribution in [1.82, 2.24) is 10.2 Å². The van der Waals surface area contributed by atoms with Gasteiger partial charge in [-0.05, 0) is 45.0 Å². The molecule has 0 radical (unpaired) electrons. The average Bonchev–Trinajstić information content (AvgIpc) is 2.70. The fraction of sp³-hybridized carbons (Fsp3) is 0.733. The van der Waals surface area contributed by atoms with Gasteiger partial charge in [-0.3, -0.25) is 4.90 Å². The molecule has 0 atom stereocenters. The van der Waals surface area contributed by atoms with Gasteiger partial charge in [0.15, 0.2) is 0 Å². The molecule has 0 aromatic carbocycles. The van der Waals surface area contributed by atoms with Crippen LogP contribution in [0.2, 0.25) is 0 Å². The van der Waals surface area contributed by atoms with Crippen LogP contribution in [0.25, 0.3) is 0 Å². The van der Waals surface area contributed by atoms with Crippen LogP contribution in [0.5, 0.6) is 0 Å². The molecule has 1 N–H and O–H groups in total. The van der Waals surface area contributed by atoms with E-state index in [1.54, 1.807) is 7.11 Å². The molecule has 1 rings (SSSR count). The van der Waals surface area contributed by atoms with Gasteiger partial charge in [-0.15, -0.1) is 0 Å². The van der Waals surface area contributed by atoms with Crippen molar-refractivity contribution >= 4 is 0 Å². The maximum absolute atomic E-state index is 5.90. The summed E-state index contributed by atoms with van der Waals surface area (Å²) in [5, 5.41) is 3.38. The summed E-state index contributed by atoms with van der Waals surface area (Å²) in [5.41, 5.74) is 1.24. The van der Waals surface area contributed by atoms with Gasteiger partial charge in [0, 0.05) is 20.3 Å². The van der Waals surface area contributed by atoms with E-state index < -0.39 is 0 Å². The zero-order chi connectivity index (χ0) is 14.1. The van der Waals surface area contributed by atoms with E-state index in [1.165, 1.54) is 5.56 Å². The molecule has 110 valence electrons. The van der Waals surface area contributed by atoms with Crippen molar-refractivity contribution < 1.29 is 9.15 Å². The number of aryl methyl sites for hydroxylation is 1. The third-order valence-corrected chi connectivity index (χ3v) is 3.10. The Bertz CT molecular complexity index is 350. The van der Waals surface area contributed by atoms with Crippen molar-refractivity contribution in [2.45, 2.75) is 39.8 Å². The van der Waals surface area contributed by atoms with Crippen molar-refractivity contribution in [1.29, 1.82) is 0 Å². The van der Waals surface area contributed by atoms with E-state index in [1.807, 2.05) is 0 Å². The minimum atomic E-state index is 0.813. The molecule has 0 unspecified atom stereocenters. The molecule has 0 bridgehead atoms. The number of furan rings is 1. The Morgan fingerprint density at radius 3 is 2.89 bits per heavy atom. The van der Waals surface area contributed by atoms with E-state index in [2.05, 4.69) is 37.2 Å². The number of nitrogens with one attached hydrogen (secondary N) is 1. The van der Waals surface area contributed by atoms with Crippen LogP contribution in [0.3, 0.4) is 0 Å². The Morgan fingerprint density at radius 2 is 2.21 bits per heavy atom. The maximum atomic E-state index is 5.90. The number of hydrogen-bond donors (Lipinski definition) is 1. The van der Waals surface area contributed by atoms with E-state index in [0.717, 1.165) is 57.1 Å². The third-order valence-electron chi connectivity index (χ3n) is 3.10. The summed E-state index contributed by atoms with van der Waals surface area (Å²) in [6.45, 7) is 8.84. The van der Waals surface area contributed by atoms with Crippen LogP contribution in [-0.2, 0) is 17.8 Å². The topological polar surface area (TPSA) is 37.6 Å². The lowest BCUT2D eigenvalue weighted by molar-refractivity contribution is 0.175. The van der Waals surface area contributed by atoms with Gasteiger partial charge >= 0.3 is 0 Å². The number of hydrogen-bond acceptors (Lipinski definition) is 4. The first-order valence-corrected chi connectivity index (χ1v) is 7.13. The highest BCUT2D eigenvalue weighted by molar-refractivity contribution is 5.20. The Labute approximate surface area is 117 Å². The third kappa shape index (κ3) is 6.23. The van der Waals surface area contributed by atoms with E-state index in [9.17, 15) is 0 Å². The second-order valence-electron chi connectivity index (χ2n) is 5.08. The van der Waals surface area contributed by atoms with Gasteiger partial charge in [0.05, 0.1) is 13.1 Å². The molecule has 4 nitrogen and oxygen atoms in total. The van der Waals surface area contributed by atoms with Crippen LogP contribution in [0, 0.1) is 6.92 Å². The standard InChI is InChI=1S/C15H28N2O2/c1-5-7-16-11-15-13(2)10-14(19-15)12-17(3)8-6-9-18-4/h10,16H,5-9,11-12H2,1-4H3. The quantitative estimate of drug-likeness (QED) is 0.662. The Balaban J connectivity index is 2.39. The molecular formula is C15H28N2O2. The summed E-state index contributed by atoms with van der Waals surface area (Å²) >= 11 is 0. The first kappa shape index (κ1) is 16.2. The van der Waals surface area contributed by atoms with Crippen LogP contribution >= 0.6 is 0 Å². The SMILES string of the molecule is CCCNCc1oc(CN(C)CCCOC)cc1C. The second kappa shape index (κ2) is 9.13. The number of nitrogens with zero attached hydrogens (tertiary/aromatic N) is 1. The molecule has 0 saturated heterocycles. The zero-order valence-electron chi connectivity index (χ0n) is 12.8. The predicted octanol–water partition coefficient (Wildman–Crippen LogP) is 2.56. The van der Waals surface area contributed by atoms with E-state index in [4.69, 9.17) is 9.15 Å². The van der Waals surface area contributed by atoms with Crippen molar-refractivity contribution in [3.8, 4) is 0 Å². The Hall–Kier alpha value is -0.840. The van der Waals surface area contributed by atoms with Crippen molar-refractivity contribution in [2.75, 3.05) is 33.9 Å². The summed E-state index contributed by atoms with van der Waals surface area (Å²) < 4.78 is 11.0. The van der Waals surface area contributed by atoms with Gasteiger partial charge < -0.3 is 14.5 Å². The molecule has 1 aromatic rings. The molecule has 0 aliphatic heterocycles. The van der Waals surface area contributed by atoms with Crippen LogP contribution < -0.4 is 5.32 Å². The Kier molecular flexibility index (Phi) is 7.79. The van der Waals surface area contributed by atoms with Gasteiger partial charge in [-0.1, -0.05) is 6.92 Å². The first-order valence-electron chi connectivity index (χ1n) is 7.13. The van der Waals surface area contributed by atoms with Crippen LogP contribution in [0.15, 0.2) is 10.5 Å². The van der Waals surface area contributed by atoms with Crippen molar-refractivity contribution in [3.05, 3.63) is 23.2 Å². The monoisotopic (exact) mass is 268 g/mol. The summed E-state index contributed by atoms with van der Waals surface area (Å²) in [5.74, 6) is 2.11. The summed E-state index contributed by atoms with van der Waals surface area (Å²) in [6, 6.07) is 2.15. The fourth-order valence-electron chi connectivity index (χ4n) is 2.05. The molecule has 4 heteroatoms. The molecular weight excluding hydrogens is 240 g/mol. The molecule has 0 amide bonds. The van der Waals surface area contributed by atoms with Gasteiger partial charge in [-0.25, -0.2) is 0 Å².